The van der Waals surface area contributed by atoms with Gasteiger partial charge in [-0.3, -0.25) is 4.79 Å². The fourth-order valence-electron chi connectivity index (χ4n) is 2.31. The van der Waals surface area contributed by atoms with Gasteiger partial charge < -0.3 is 14.7 Å². The number of aliphatic hydroxyl groups is 1. The predicted molar refractivity (Wildman–Crippen MR) is 81.9 cm³/mol. The van der Waals surface area contributed by atoms with Crippen LogP contribution < -0.4 is 4.74 Å². The predicted octanol–water partition coefficient (Wildman–Crippen LogP) is 2.55. The van der Waals surface area contributed by atoms with E-state index >= 15 is 0 Å². The summed E-state index contributed by atoms with van der Waals surface area (Å²) in [7, 11) is 1.53. The van der Waals surface area contributed by atoms with E-state index in [4.69, 9.17) is 16.3 Å². The number of hydrogen-bond acceptors (Lipinski definition) is 3. The van der Waals surface area contributed by atoms with Crippen LogP contribution in [0.3, 0.4) is 0 Å². The van der Waals surface area contributed by atoms with Crippen LogP contribution in [0.4, 0.5) is 0 Å². The summed E-state index contributed by atoms with van der Waals surface area (Å²) in [5, 5.41) is 9.84. The average molecular weight is 396 g/mol. The van der Waals surface area contributed by atoms with Gasteiger partial charge in [-0.2, -0.15) is 0 Å². The third-order valence-electron chi connectivity index (χ3n) is 3.32. The van der Waals surface area contributed by atoms with Crippen LogP contribution in [0.1, 0.15) is 23.2 Å². The first kappa shape index (κ1) is 14.9. The van der Waals surface area contributed by atoms with Crippen LogP contribution in [0, 0.1) is 3.57 Å². The zero-order valence-corrected chi connectivity index (χ0v) is 13.4. The molecule has 1 unspecified atom stereocenters. The second-order valence-electron chi connectivity index (χ2n) is 4.44. The van der Waals surface area contributed by atoms with Crippen molar-refractivity contribution in [3.05, 3.63) is 26.3 Å². The van der Waals surface area contributed by atoms with Crippen molar-refractivity contribution >= 4 is 40.1 Å². The molecular formula is C13H15ClINO3. The Kier molecular flexibility index (Phi) is 4.92. The summed E-state index contributed by atoms with van der Waals surface area (Å²) < 4.78 is 6.10. The summed E-state index contributed by atoms with van der Waals surface area (Å²) in [6.45, 7) is 0.656. The van der Waals surface area contributed by atoms with Crippen LogP contribution in [-0.2, 0) is 0 Å². The third kappa shape index (κ3) is 2.98. The number of halogens is 2. The molecule has 0 radical (unpaired) electrons. The molecule has 4 nitrogen and oxygen atoms in total. The quantitative estimate of drug-likeness (QED) is 0.800. The number of aliphatic hydroxyl groups excluding tert-OH is 1. The second-order valence-corrected chi connectivity index (χ2v) is 6.01. The fourth-order valence-corrected chi connectivity index (χ4v) is 2.91. The van der Waals surface area contributed by atoms with Crippen LogP contribution in [0.5, 0.6) is 5.75 Å². The first-order chi connectivity index (χ1) is 9.08. The van der Waals surface area contributed by atoms with Crippen molar-refractivity contribution in [1.29, 1.82) is 0 Å². The standard InChI is InChI=1S/C13H15ClINO3/c1-19-12-6-11(15)10(14)5-9(12)13(18)16-4-2-3-8(16)7-17/h5-6,8,17H,2-4,7H2,1H3. The summed E-state index contributed by atoms with van der Waals surface area (Å²) in [5.41, 5.74) is 0.452. The Morgan fingerprint density at radius 3 is 3.00 bits per heavy atom. The Hall–Kier alpha value is -0.530. The molecule has 1 aromatic rings. The van der Waals surface area contributed by atoms with Crippen molar-refractivity contribution in [3.63, 3.8) is 0 Å². The molecule has 1 aliphatic rings. The lowest BCUT2D eigenvalue weighted by molar-refractivity contribution is 0.0674. The molecule has 2 rings (SSSR count). The minimum Gasteiger partial charge on any atom is -0.496 e. The lowest BCUT2D eigenvalue weighted by Gasteiger charge is -2.24. The fraction of sp³-hybridized carbons (Fsp3) is 0.462. The van der Waals surface area contributed by atoms with Crippen LogP contribution in [0.15, 0.2) is 12.1 Å². The van der Waals surface area contributed by atoms with Crippen molar-refractivity contribution in [3.8, 4) is 5.75 Å². The Morgan fingerprint density at radius 2 is 2.37 bits per heavy atom. The molecule has 0 aromatic heterocycles. The van der Waals surface area contributed by atoms with Gasteiger partial charge in [0.05, 0.1) is 30.3 Å². The smallest absolute Gasteiger partial charge is 0.258 e. The van der Waals surface area contributed by atoms with Gasteiger partial charge in [0.2, 0.25) is 0 Å². The summed E-state index contributed by atoms with van der Waals surface area (Å²) in [6, 6.07) is 3.28. The number of likely N-dealkylation sites (tertiary alicyclic amines) is 1. The summed E-state index contributed by atoms with van der Waals surface area (Å²) in [6.07, 6.45) is 1.75. The number of rotatable bonds is 3. The molecule has 1 fully saturated rings. The molecule has 19 heavy (non-hydrogen) atoms. The van der Waals surface area contributed by atoms with Crippen LogP contribution in [0.2, 0.25) is 5.02 Å². The van der Waals surface area contributed by atoms with Crippen LogP contribution in [0.25, 0.3) is 0 Å². The maximum atomic E-state index is 12.5. The van der Waals surface area contributed by atoms with Crippen molar-refractivity contribution in [2.75, 3.05) is 20.3 Å². The van der Waals surface area contributed by atoms with Gasteiger partial charge in [-0.05, 0) is 47.6 Å². The molecule has 1 atom stereocenters. The molecule has 0 aliphatic carbocycles. The van der Waals surface area contributed by atoms with E-state index in [1.807, 2.05) is 0 Å². The van der Waals surface area contributed by atoms with E-state index in [1.54, 1.807) is 17.0 Å². The number of carbonyl (C=O) groups excluding carboxylic acids is 1. The lowest BCUT2D eigenvalue weighted by Crippen LogP contribution is -2.37. The first-order valence-corrected chi connectivity index (χ1v) is 7.49. The SMILES string of the molecule is COc1cc(I)c(Cl)cc1C(=O)N1CCCC1CO. The number of nitrogens with zero attached hydrogens (tertiary/aromatic N) is 1. The monoisotopic (exact) mass is 395 g/mol. The Bertz CT molecular complexity index is 495. The van der Waals surface area contributed by atoms with Crippen LogP contribution in [-0.4, -0.2) is 42.2 Å². The highest BCUT2D eigenvalue weighted by molar-refractivity contribution is 14.1. The van der Waals surface area contributed by atoms with E-state index in [-0.39, 0.29) is 18.6 Å². The molecule has 1 heterocycles. The van der Waals surface area contributed by atoms with E-state index in [2.05, 4.69) is 22.6 Å². The molecule has 0 spiro atoms. The highest BCUT2D eigenvalue weighted by atomic mass is 127. The average Bonchev–Trinajstić information content (AvgIpc) is 2.88. The normalized spacial score (nSPS) is 18.7. The van der Waals surface area contributed by atoms with Gasteiger partial charge >= 0.3 is 0 Å². The van der Waals surface area contributed by atoms with Gasteiger partial charge in [0, 0.05) is 10.1 Å². The van der Waals surface area contributed by atoms with Crippen molar-refractivity contribution in [1.82, 2.24) is 4.90 Å². The molecule has 6 heteroatoms. The zero-order valence-electron chi connectivity index (χ0n) is 10.5. The third-order valence-corrected chi connectivity index (χ3v) is 4.85. The maximum Gasteiger partial charge on any atom is 0.258 e. The van der Waals surface area contributed by atoms with Gasteiger partial charge in [-0.15, -0.1) is 0 Å². The first-order valence-electron chi connectivity index (χ1n) is 6.03. The Balaban J connectivity index is 2.35. The summed E-state index contributed by atoms with van der Waals surface area (Å²) in [4.78, 5) is 14.2. The maximum absolute atomic E-state index is 12.5. The van der Waals surface area contributed by atoms with Crippen molar-refractivity contribution < 1.29 is 14.6 Å². The van der Waals surface area contributed by atoms with Gasteiger partial charge in [-0.1, -0.05) is 11.6 Å². The van der Waals surface area contributed by atoms with Gasteiger partial charge in [0.15, 0.2) is 0 Å². The molecule has 0 bridgehead atoms. The summed E-state index contributed by atoms with van der Waals surface area (Å²) >= 11 is 8.18. The largest absolute Gasteiger partial charge is 0.496 e. The Morgan fingerprint density at radius 1 is 1.63 bits per heavy atom. The molecule has 1 aliphatic heterocycles. The highest BCUT2D eigenvalue weighted by Crippen LogP contribution is 2.30. The number of carbonyl (C=O) groups is 1. The van der Waals surface area contributed by atoms with E-state index < -0.39 is 0 Å². The molecular weight excluding hydrogens is 381 g/mol. The zero-order chi connectivity index (χ0) is 14.0. The van der Waals surface area contributed by atoms with E-state index in [9.17, 15) is 9.90 Å². The lowest BCUT2D eigenvalue weighted by atomic mass is 10.1. The van der Waals surface area contributed by atoms with Crippen molar-refractivity contribution in [2.45, 2.75) is 18.9 Å². The number of hydrogen-bond donors (Lipinski definition) is 1. The Labute approximate surface area is 130 Å². The van der Waals surface area contributed by atoms with Gasteiger partial charge in [0.25, 0.3) is 5.91 Å². The molecule has 1 saturated heterocycles. The van der Waals surface area contributed by atoms with Gasteiger partial charge in [0.1, 0.15) is 5.75 Å². The molecule has 1 amide bonds. The minimum absolute atomic E-state index is 0.00778. The van der Waals surface area contributed by atoms with Gasteiger partial charge in [-0.25, -0.2) is 0 Å². The number of methoxy groups -OCH3 is 1. The van der Waals surface area contributed by atoms with E-state index in [0.29, 0.717) is 22.9 Å². The van der Waals surface area contributed by atoms with E-state index in [1.165, 1.54) is 7.11 Å². The number of ether oxygens (including phenoxy) is 1. The molecule has 1 aromatic carbocycles. The van der Waals surface area contributed by atoms with Crippen LogP contribution >= 0.6 is 34.2 Å². The molecule has 104 valence electrons. The number of benzene rings is 1. The summed E-state index contributed by atoms with van der Waals surface area (Å²) in [5.74, 6) is 0.383. The molecule has 1 N–H and O–H groups in total. The minimum atomic E-state index is -0.133. The second kappa shape index (κ2) is 6.28. The highest BCUT2D eigenvalue weighted by Gasteiger charge is 2.30. The van der Waals surface area contributed by atoms with E-state index in [0.717, 1.165) is 16.4 Å². The topological polar surface area (TPSA) is 49.8 Å². The van der Waals surface area contributed by atoms with Crippen molar-refractivity contribution in [2.24, 2.45) is 0 Å². The number of amides is 1. The molecule has 0 saturated carbocycles.